The molecule has 17 heavy (non-hydrogen) atoms. The fourth-order valence-corrected chi connectivity index (χ4v) is 1.18. The van der Waals surface area contributed by atoms with Crippen LogP contribution in [0.3, 0.4) is 0 Å². The fourth-order valence-electron chi connectivity index (χ4n) is 1.18. The van der Waals surface area contributed by atoms with Crippen molar-refractivity contribution in [3.63, 3.8) is 0 Å². The molecule has 88 valence electrons. The maximum absolute atomic E-state index is 11.3. The van der Waals surface area contributed by atoms with Gasteiger partial charge in [-0.3, -0.25) is 0 Å². The summed E-state index contributed by atoms with van der Waals surface area (Å²) in [4.78, 5) is 11.3. The third-order valence-electron chi connectivity index (χ3n) is 2.01. The van der Waals surface area contributed by atoms with Gasteiger partial charge in [0.15, 0.2) is 0 Å². The van der Waals surface area contributed by atoms with E-state index in [9.17, 15) is 4.79 Å². The molecule has 1 rings (SSSR count). The summed E-state index contributed by atoms with van der Waals surface area (Å²) in [5.74, 6) is -0.420. The van der Waals surface area contributed by atoms with Gasteiger partial charge in [-0.1, -0.05) is 6.92 Å². The molecule has 0 saturated heterocycles. The molecule has 0 unspecified atom stereocenters. The summed E-state index contributed by atoms with van der Waals surface area (Å²) < 4.78 is 4.85. The lowest BCUT2D eigenvalue weighted by molar-refractivity contribution is -0.137. The number of carbonyl (C=O) groups is 1. The molecule has 0 aliphatic carbocycles. The summed E-state index contributed by atoms with van der Waals surface area (Å²) in [6.07, 6.45) is 1.89. The maximum atomic E-state index is 11.3. The summed E-state index contributed by atoms with van der Waals surface area (Å²) in [6, 6.07) is 7.97. The highest BCUT2D eigenvalue weighted by Crippen LogP contribution is 2.17. The number of hydrogen-bond acceptors (Lipinski definition) is 4. The first-order chi connectivity index (χ1) is 8.17. The summed E-state index contributed by atoms with van der Waals surface area (Å²) in [6.45, 7) is 2.23. The van der Waals surface area contributed by atoms with Crippen LogP contribution in [-0.4, -0.2) is 17.7 Å². The molecule has 0 radical (unpaired) electrons. The number of benzene rings is 1. The molecule has 0 aliphatic heterocycles. The zero-order valence-corrected chi connectivity index (χ0v) is 9.51. The number of hydrogen-bond donors (Lipinski definition) is 1. The number of esters is 1. The highest BCUT2D eigenvalue weighted by Gasteiger charge is 2.05. The minimum atomic E-state index is -0.531. The zero-order chi connectivity index (χ0) is 12.7. The second kappa shape index (κ2) is 6.33. The van der Waals surface area contributed by atoms with E-state index in [1.807, 2.05) is 13.0 Å². The standard InChI is InChI=1S/C13H13NO3/c1-2-7-17-13(16)8-11(9-14)10-3-5-12(15)6-4-10/h3-6,8,15H,2,7H2,1H3. The summed E-state index contributed by atoms with van der Waals surface area (Å²) >= 11 is 0. The molecule has 0 spiro atoms. The zero-order valence-electron chi connectivity index (χ0n) is 9.51. The lowest BCUT2D eigenvalue weighted by Gasteiger charge is -2.01. The molecule has 0 fully saturated rings. The van der Waals surface area contributed by atoms with Crippen LogP contribution in [0.25, 0.3) is 5.57 Å². The van der Waals surface area contributed by atoms with Gasteiger partial charge in [-0.2, -0.15) is 5.26 Å². The Kier molecular flexibility index (Phi) is 4.77. The van der Waals surface area contributed by atoms with Gasteiger partial charge >= 0.3 is 5.97 Å². The topological polar surface area (TPSA) is 70.3 Å². The Balaban J connectivity index is 2.85. The Morgan fingerprint density at radius 3 is 2.65 bits per heavy atom. The average Bonchev–Trinajstić information content (AvgIpc) is 2.34. The summed E-state index contributed by atoms with van der Waals surface area (Å²) in [5.41, 5.74) is 0.782. The summed E-state index contributed by atoms with van der Waals surface area (Å²) in [7, 11) is 0. The van der Waals surface area contributed by atoms with Gasteiger partial charge in [0.25, 0.3) is 0 Å². The van der Waals surface area contributed by atoms with Crippen molar-refractivity contribution in [2.24, 2.45) is 0 Å². The molecule has 1 aromatic carbocycles. The molecule has 0 aliphatic rings. The first-order valence-corrected chi connectivity index (χ1v) is 5.25. The second-order valence-electron chi connectivity index (χ2n) is 3.38. The van der Waals surface area contributed by atoms with Crippen LogP contribution in [0.1, 0.15) is 18.9 Å². The normalized spacial score (nSPS) is 10.7. The predicted molar refractivity (Wildman–Crippen MR) is 62.9 cm³/mol. The molecule has 1 aromatic rings. The van der Waals surface area contributed by atoms with Crippen molar-refractivity contribution in [3.05, 3.63) is 35.9 Å². The van der Waals surface area contributed by atoms with Crippen LogP contribution in [0.15, 0.2) is 30.3 Å². The van der Waals surface area contributed by atoms with Crippen LogP contribution in [0, 0.1) is 11.3 Å². The highest BCUT2D eigenvalue weighted by molar-refractivity contribution is 5.95. The molecule has 0 atom stereocenters. The lowest BCUT2D eigenvalue weighted by Crippen LogP contribution is -2.02. The fraction of sp³-hybridized carbons (Fsp3) is 0.231. The van der Waals surface area contributed by atoms with Crippen molar-refractivity contribution in [3.8, 4) is 11.8 Å². The maximum Gasteiger partial charge on any atom is 0.332 e. The minimum absolute atomic E-state index is 0.111. The van der Waals surface area contributed by atoms with Crippen molar-refractivity contribution < 1.29 is 14.6 Å². The molecule has 1 N–H and O–H groups in total. The van der Waals surface area contributed by atoms with E-state index < -0.39 is 5.97 Å². The van der Waals surface area contributed by atoms with Crippen molar-refractivity contribution in [2.75, 3.05) is 6.61 Å². The van der Waals surface area contributed by atoms with Gasteiger partial charge in [0, 0.05) is 6.08 Å². The van der Waals surface area contributed by atoms with Crippen LogP contribution >= 0.6 is 0 Å². The number of nitrogens with zero attached hydrogens (tertiary/aromatic N) is 1. The monoisotopic (exact) mass is 231 g/mol. The summed E-state index contributed by atoms with van der Waals surface area (Å²) in [5, 5.41) is 18.0. The molecule has 0 aromatic heterocycles. The van der Waals surface area contributed by atoms with E-state index in [2.05, 4.69) is 0 Å². The van der Waals surface area contributed by atoms with E-state index in [0.29, 0.717) is 12.2 Å². The lowest BCUT2D eigenvalue weighted by atomic mass is 10.1. The van der Waals surface area contributed by atoms with E-state index in [0.717, 1.165) is 12.5 Å². The van der Waals surface area contributed by atoms with Crippen LogP contribution in [0.2, 0.25) is 0 Å². The van der Waals surface area contributed by atoms with Gasteiger partial charge in [-0.05, 0) is 36.2 Å². The minimum Gasteiger partial charge on any atom is -0.508 e. The Hall–Kier alpha value is -2.28. The molecule has 0 bridgehead atoms. The number of phenols is 1. The van der Waals surface area contributed by atoms with Crippen molar-refractivity contribution >= 4 is 11.5 Å². The van der Waals surface area contributed by atoms with Crippen LogP contribution in [-0.2, 0) is 9.53 Å². The van der Waals surface area contributed by atoms with Gasteiger partial charge < -0.3 is 9.84 Å². The van der Waals surface area contributed by atoms with Gasteiger partial charge in [-0.25, -0.2) is 4.79 Å². The molecular weight excluding hydrogens is 218 g/mol. The van der Waals surface area contributed by atoms with Crippen LogP contribution in [0.5, 0.6) is 5.75 Å². The first kappa shape index (κ1) is 12.8. The van der Waals surface area contributed by atoms with E-state index in [1.54, 1.807) is 12.1 Å². The Bertz CT molecular complexity index is 455. The van der Waals surface area contributed by atoms with E-state index >= 15 is 0 Å². The van der Waals surface area contributed by atoms with E-state index in [1.165, 1.54) is 12.1 Å². The molecule has 0 amide bonds. The van der Waals surface area contributed by atoms with Gasteiger partial charge in [0.1, 0.15) is 11.8 Å². The third kappa shape index (κ3) is 3.99. The van der Waals surface area contributed by atoms with E-state index in [-0.39, 0.29) is 11.3 Å². The number of rotatable bonds is 4. The predicted octanol–water partition coefficient (Wildman–Crippen LogP) is 2.25. The van der Waals surface area contributed by atoms with Crippen LogP contribution < -0.4 is 0 Å². The van der Waals surface area contributed by atoms with Gasteiger partial charge in [0.2, 0.25) is 0 Å². The van der Waals surface area contributed by atoms with E-state index in [4.69, 9.17) is 15.1 Å². The van der Waals surface area contributed by atoms with Crippen molar-refractivity contribution in [2.45, 2.75) is 13.3 Å². The Labute approximate surface area is 99.8 Å². The van der Waals surface area contributed by atoms with Crippen LogP contribution in [0.4, 0.5) is 0 Å². The number of nitriles is 1. The number of carbonyl (C=O) groups excluding carboxylic acids is 1. The quantitative estimate of drug-likeness (QED) is 0.490. The Morgan fingerprint density at radius 1 is 1.47 bits per heavy atom. The number of phenolic OH excluding ortho intramolecular Hbond substituents is 1. The molecular formula is C13H13NO3. The number of aromatic hydroxyl groups is 1. The van der Waals surface area contributed by atoms with Gasteiger partial charge in [-0.15, -0.1) is 0 Å². The smallest absolute Gasteiger partial charge is 0.332 e. The number of ether oxygens (including phenoxy) is 1. The molecule has 4 heteroatoms. The third-order valence-corrected chi connectivity index (χ3v) is 2.01. The van der Waals surface area contributed by atoms with Gasteiger partial charge in [0.05, 0.1) is 12.2 Å². The largest absolute Gasteiger partial charge is 0.508 e. The molecule has 4 nitrogen and oxygen atoms in total. The van der Waals surface area contributed by atoms with Crippen molar-refractivity contribution in [1.82, 2.24) is 0 Å². The van der Waals surface area contributed by atoms with Crippen molar-refractivity contribution in [1.29, 1.82) is 5.26 Å². The SMILES string of the molecule is CCCOC(=O)C=C(C#N)c1ccc(O)cc1. The molecule has 0 heterocycles. The number of allylic oxidation sites excluding steroid dienone is 1. The highest BCUT2D eigenvalue weighted by atomic mass is 16.5. The Morgan fingerprint density at radius 2 is 2.12 bits per heavy atom. The second-order valence-corrected chi connectivity index (χ2v) is 3.38. The average molecular weight is 231 g/mol. The first-order valence-electron chi connectivity index (χ1n) is 5.25. The molecule has 0 saturated carbocycles.